The molecule has 5 rings (SSSR count). The minimum atomic E-state index is -0.215. The van der Waals surface area contributed by atoms with Gasteiger partial charge in [-0.25, -0.2) is 4.98 Å². The summed E-state index contributed by atoms with van der Waals surface area (Å²) in [5.41, 5.74) is 4.44. The summed E-state index contributed by atoms with van der Waals surface area (Å²) in [5.74, 6) is 0.939. The minimum absolute atomic E-state index is 0.0162. The fraction of sp³-hybridized carbons (Fsp3) is 0.258. The van der Waals surface area contributed by atoms with E-state index in [-0.39, 0.29) is 24.5 Å². The number of hydrogen-bond donors (Lipinski definition) is 1. The molecule has 0 radical (unpaired) electrons. The first kappa shape index (κ1) is 25.7. The van der Waals surface area contributed by atoms with Crippen molar-refractivity contribution >= 4 is 23.2 Å². The molecule has 0 bridgehead atoms. The van der Waals surface area contributed by atoms with Crippen molar-refractivity contribution in [2.75, 3.05) is 13.1 Å². The zero-order valence-corrected chi connectivity index (χ0v) is 22.4. The molecule has 1 aliphatic heterocycles. The summed E-state index contributed by atoms with van der Waals surface area (Å²) in [7, 11) is 0. The number of rotatable bonds is 8. The molecule has 194 valence electrons. The number of amides is 2. The summed E-state index contributed by atoms with van der Waals surface area (Å²) >= 11 is 1.41. The van der Waals surface area contributed by atoms with E-state index in [1.165, 1.54) is 16.9 Å². The third kappa shape index (κ3) is 5.78. The van der Waals surface area contributed by atoms with Crippen molar-refractivity contribution < 1.29 is 14.3 Å². The largest absolute Gasteiger partial charge is 0.486 e. The number of carbonyl (C=O) groups is 2. The van der Waals surface area contributed by atoms with Crippen molar-refractivity contribution in [2.24, 2.45) is 5.92 Å². The molecule has 0 saturated heterocycles. The van der Waals surface area contributed by atoms with E-state index in [2.05, 4.69) is 42.3 Å². The SMILES string of the molecule is CC(C)CNC(=O)c1csc(COc2ccc3c(c2)C(c2ccccc2)N(C(=O)c2ccccc2)CC3)n1. The van der Waals surface area contributed by atoms with Gasteiger partial charge in [0, 0.05) is 24.0 Å². The van der Waals surface area contributed by atoms with Crippen molar-refractivity contribution in [1.29, 1.82) is 0 Å². The van der Waals surface area contributed by atoms with E-state index in [0.29, 0.717) is 36.0 Å². The predicted molar refractivity (Wildman–Crippen MR) is 150 cm³/mol. The molecule has 1 aromatic heterocycles. The number of thiazole rings is 1. The average molecular weight is 526 g/mol. The highest BCUT2D eigenvalue weighted by Gasteiger charge is 2.33. The summed E-state index contributed by atoms with van der Waals surface area (Å²) in [6, 6.07) is 25.5. The topological polar surface area (TPSA) is 71.5 Å². The first-order valence-corrected chi connectivity index (χ1v) is 13.8. The van der Waals surface area contributed by atoms with Crippen molar-refractivity contribution in [2.45, 2.75) is 32.9 Å². The molecular formula is C31H31N3O3S. The monoisotopic (exact) mass is 525 g/mol. The van der Waals surface area contributed by atoms with Gasteiger partial charge in [-0.3, -0.25) is 9.59 Å². The molecule has 6 nitrogen and oxygen atoms in total. The Balaban J connectivity index is 1.37. The minimum Gasteiger partial charge on any atom is -0.486 e. The van der Waals surface area contributed by atoms with Crippen LogP contribution in [0.15, 0.2) is 84.2 Å². The number of carbonyl (C=O) groups excluding carboxylic acids is 2. The van der Waals surface area contributed by atoms with E-state index < -0.39 is 0 Å². The Hall–Kier alpha value is -3.97. The van der Waals surface area contributed by atoms with Crippen molar-refractivity contribution in [3.05, 3.63) is 117 Å². The highest BCUT2D eigenvalue weighted by atomic mass is 32.1. The number of aromatic nitrogens is 1. The molecule has 0 aliphatic carbocycles. The Morgan fingerprint density at radius 2 is 1.79 bits per heavy atom. The van der Waals surface area contributed by atoms with Crippen LogP contribution in [0.4, 0.5) is 0 Å². The second kappa shape index (κ2) is 11.6. The van der Waals surface area contributed by atoms with E-state index in [1.54, 1.807) is 5.38 Å². The van der Waals surface area contributed by atoms with Gasteiger partial charge in [-0.1, -0.05) is 68.4 Å². The molecule has 0 spiro atoms. The molecule has 0 fully saturated rings. The van der Waals surface area contributed by atoms with Gasteiger partial charge in [0.2, 0.25) is 0 Å². The normalized spacial score (nSPS) is 14.7. The van der Waals surface area contributed by atoms with E-state index in [4.69, 9.17) is 4.74 Å². The van der Waals surface area contributed by atoms with Gasteiger partial charge < -0.3 is 15.0 Å². The second-order valence-electron chi connectivity index (χ2n) is 9.81. The fourth-order valence-electron chi connectivity index (χ4n) is 4.66. The smallest absolute Gasteiger partial charge is 0.270 e. The van der Waals surface area contributed by atoms with Crippen LogP contribution in [-0.2, 0) is 13.0 Å². The molecule has 4 aromatic rings. The van der Waals surface area contributed by atoms with Gasteiger partial charge in [0.05, 0.1) is 6.04 Å². The van der Waals surface area contributed by atoms with Crippen LogP contribution in [0, 0.1) is 5.92 Å². The van der Waals surface area contributed by atoms with Crippen LogP contribution in [-0.4, -0.2) is 34.8 Å². The van der Waals surface area contributed by atoms with Crippen LogP contribution >= 0.6 is 11.3 Å². The van der Waals surface area contributed by atoms with Crippen LogP contribution in [0.3, 0.4) is 0 Å². The third-order valence-corrected chi connectivity index (χ3v) is 7.38. The zero-order chi connectivity index (χ0) is 26.5. The summed E-state index contributed by atoms with van der Waals surface area (Å²) in [6.45, 7) is 5.63. The maximum Gasteiger partial charge on any atom is 0.270 e. The zero-order valence-electron chi connectivity index (χ0n) is 21.6. The van der Waals surface area contributed by atoms with Crippen LogP contribution in [0.25, 0.3) is 0 Å². The summed E-state index contributed by atoms with van der Waals surface area (Å²) in [5, 5.41) is 5.40. The lowest BCUT2D eigenvalue weighted by Gasteiger charge is -2.38. The van der Waals surface area contributed by atoms with Crippen LogP contribution in [0.2, 0.25) is 0 Å². The second-order valence-corrected chi connectivity index (χ2v) is 10.8. The van der Waals surface area contributed by atoms with Gasteiger partial charge in [0.1, 0.15) is 23.1 Å². The van der Waals surface area contributed by atoms with E-state index in [1.807, 2.05) is 65.6 Å². The Morgan fingerprint density at radius 1 is 1.05 bits per heavy atom. The quantitative estimate of drug-likeness (QED) is 0.311. The highest BCUT2D eigenvalue weighted by molar-refractivity contribution is 7.09. The van der Waals surface area contributed by atoms with E-state index >= 15 is 0 Å². The molecule has 7 heteroatoms. The molecule has 3 aromatic carbocycles. The maximum absolute atomic E-state index is 13.6. The van der Waals surface area contributed by atoms with Crippen molar-refractivity contribution in [3.8, 4) is 5.75 Å². The van der Waals surface area contributed by atoms with Crippen molar-refractivity contribution in [3.63, 3.8) is 0 Å². The van der Waals surface area contributed by atoms with Crippen molar-refractivity contribution in [1.82, 2.24) is 15.2 Å². The predicted octanol–water partition coefficient (Wildman–Crippen LogP) is 5.90. The van der Waals surface area contributed by atoms with E-state index in [9.17, 15) is 9.59 Å². The maximum atomic E-state index is 13.6. The number of hydrogen-bond acceptors (Lipinski definition) is 5. The fourth-order valence-corrected chi connectivity index (χ4v) is 5.34. The van der Waals surface area contributed by atoms with Gasteiger partial charge in [-0.05, 0) is 53.3 Å². The molecule has 2 heterocycles. The number of nitrogens with one attached hydrogen (secondary N) is 1. The van der Waals surface area contributed by atoms with Crippen LogP contribution in [0.5, 0.6) is 5.75 Å². The van der Waals surface area contributed by atoms with Gasteiger partial charge in [-0.2, -0.15) is 0 Å². The molecule has 1 atom stereocenters. The number of ether oxygens (including phenoxy) is 1. The van der Waals surface area contributed by atoms with Gasteiger partial charge in [0.15, 0.2) is 0 Å². The number of benzene rings is 3. The Labute approximate surface area is 227 Å². The van der Waals surface area contributed by atoms with Crippen LogP contribution < -0.4 is 10.1 Å². The lowest BCUT2D eigenvalue weighted by atomic mass is 9.87. The molecule has 1 aliphatic rings. The summed E-state index contributed by atoms with van der Waals surface area (Å²) < 4.78 is 6.13. The number of nitrogens with zero attached hydrogens (tertiary/aromatic N) is 2. The Bertz CT molecular complexity index is 1400. The highest BCUT2D eigenvalue weighted by Crippen LogP contribution is 2.38. The van der Waals surface area contributed by atoms with Gasteiger partial charge in [0.25, 0.3) is 11.8 Å². The first-order valence-electron chi connectivity index (χ1n) is 12.9. The lowest BCUT2D eigenvalue weighted by molar-refractivity contribution is 0.0694. The molecule has 1 N–H and O–H groups in total. The molecular weight excluding hydrogens is 494 g/mol. The summed E-state index contributed by atoms with van der Waals surface area (Å²) in [6.07, 6.45) is 0.777. The standard InChI is InChI=1S/C31H31N3O3S/c1-21(2)18-32-30(35)27-20-38-28(33-27)19-37-25-14-13-22-15-16-34(31(36)24-11-7-4-8-12-24)29(26(22)17-25)23-9-5-3-6-10-23/h3-14,17,20-21,29H,15-16,18-19H2,1-2H3,(H,32,35). The average Bonchev–Trinajstić information content (AvgIpc) is 3.44. The third-order valence-electron chi connectivity index (χ3n) is 6.56. The molecule has 38 heavy (non-hydrogen) atoms. The Morgan fingerprint density at radius 3 is 2.53 bits per heavy atom. The lowest BCUT2D eigenvalue weighted by Crippen LogP contribution is -2.40. The van der Waals surface area contributed by atoms with Crippen LogP contribution in [0.1, 0.15) is 62.4 Å². The van der Waals surface area contributed by atoms with Gasteiger partial charge >= 0.3 is 0 Å². The first-order chi connectivity index (χ1) is 18.5. The molecule has 1 unspecified atom stereocenters. The Kier molecular flexibility index (Phi) is 7.84. The van der Waals surface area contributed by atoms with E-state index in [0.717, 1.165) is 22.6 Å². The summed E-state index contributed by atoms with van der Waals surface area (Å²) in [4.78, 5) is 32.3. The molecule has 2 amide bonds. The number of fused-ring (bicyclic) bond motifs is 1. The van der Waals surface area contributed by atoms with Gasteiger partial charge in [-0.15, -0.1) is 11.3 Å². The molecule has 0 saturated carbocycles.